The summed E-state index contributed by atoms with van der Waals surface area (Å²) in [5, 5.41) is 13.2. The van der Waals surface area contributed by atoms with Crippen LogP contribution < -0.4 is 10.2 Å². The van der Waals surface area contributed by atoms with Gasteiger partial charge in [-0.3, -0.25) is 0 Å². The molecule has 1 aromatic carbocycles. The van der Waals surface area contributed by atoms with Gasteiger partial charge in [-0.05, 0) is 32.0 Å². The van der Waals surface area contributed by atoms with Gasteiger partial charge in [-0.15, -0.1) is 11.3 Å². The lowest BCUT2D eigenvalue weighted by atomic mass is 10.2. The zero-order valence-corrected chi connectivity index (χ0v) is 13.0. The molecule has 0 aliphatic rings. The molecule has 0 saturated heterocycles. The highest BCUT2D eigenvalue weighted by atomic mass is 32.1. The Balaban J connectivity index is 2.00. The Morgan fingerprint density at radius 1 is 1.38 bits per heavy atom. The maximum Gasteiger partial charge on any atom is 0.335 e. The highest BCUT2D eigenvalue weighted by Crippen LogP contribution is 2.23. The molecule has 5 nitrogen and oxygen atoms in total. The van der Waals surface area contributed by atoms with E-state index in [1.807, 2.05) is 12.3 Å². The van der Waals surface area contributed by atoms with E-state index in [1.165, 1.54) is 0 Å². The zero-order chi connectivity index (χ0) is 15.2. The minimum atomic E-state index is -0.916. The van der Waals surface area contributed by atoms with Crippen molar-refractivity contribution in [3.63, 3.8) is 0 Å². The van der Waals surface area contributed by atoms with Crippen molar-refractivity contribution in [2.75, 3.05) is 23.3 Å². The average Bonchev–Trinajstić information content (AvgIpc) is 2.95. The van der Waals surface area contributed by atoms with Crippen LogP contribution in [0.1, 0.15) is 29.1 Å². The van der Waals surface area contributed by atoms with Gasteiger partial charge >= 0.3 is 5.97 Å². The van der Waals surface area contributed by atoms with E-state index >= 15 is 0 Å². The van der Waals surface area contributed by atoms with Crippen molar-refractivity contribution in [2.24, 2.45) is 0 Å². The Morgan fingerprint density at radius 3 is 2.81 bits per heavy atom. The summed E-state index contributed by atoms with van der Waals surface area (Å²) in [7, 11) is 0. The van der Waals surface area contributed by atoms with Gasteiger partial charge in [0.25, 0.3) is 0 Å². The molecule has 2 aromatic rings. The maximum atomic E-state index is 10.9. The molecule has 0 spiro atoms. The fourth-order valence-electron chi connectivity index (χ4n) is 1.97. The summed E-state index contributed by atoms with van der Waals surface area (Å²) in [6.45, 7) is 6.75. The van der Waals surface area contributed by atoms with E-state index in [9.17, 15) is 4.79 Å². The van der Waals surface area contributed by atoms with Gasteiger partial charge in [0.1, 0.15) is 0 Å². The van der Waals surface area contributed by atoms with Crippen LogP contribution in [0.4, 0.5) is 10.8 Å². The Labute approximate surface area is 128 Å². The van der Waals surface area contributed by atoms with Crippen LogP contribution in [0, 0.1) is 0 Å². The zero-order valence-electron chi connectivity index (χ0n) is 12.2. The number of carboxylic acids is 1. The first kappa shape index (κ1) is 15.3. The lowest BCUT2D eigenvalue weighted by Crippen LogP contribution is -2.21. The SMILES string of the molecule is CCN(CC)c1ncc(CNc2cccc(C(=O)O)c2)s1. The molecule has 0 atom stereocenters. The minimum absolute atomic E-state index is 0.285. The second-order valence-corrected chi connectivity index (χ2v) is 5.61. The number of carbonyl (C=O) groups is 1. The molecule has 0 bridgehead atoms. The lowest BCUT2D eigenvalue weighted by molar-refractivity contribution is 0.0697. The molecular formula is C15H19N3O2S. The van der Waals surface area contributed by atoms with Crippen molar-refractivity contribution in [3.05, 3.63) is 40.9 Å². The van der Waals surface area contributed by atoms with Crippen molar-refractivity contribution >= 4 is 28.1 Å². The molecule has 1 aromatic heterocycles. The highest BCUT2D eigenvalue weighted by molar-refractivity contribution is 7.15. The van der Waals surface area contributed by atoms with E-state index in [0.717, 1.165) is 28.8 Å². The number of thiazole rings is 1. The number of nitrogens with zero attached hydrogens (tertiary/aromatic N) is 2. The molecule has 0 fully saturated rings. The Kier molecular flexibility index (Phi) is 5.16. The molecule has 0 aliphatic heterocycles. The topological polar surface area (TPSA) is 65.5 Å². The van der Waals surface area contributed by atoms with Gasteiger partial charge in [0.2, 0.25) is 0 Å². The van der Waals surface area contributed by atoms with Gasteiger partial charge < -0.3 is 15.3 Å². The van der Waals surface area contributed by atoms with E-state index < -0.39 is 5.97 Å². The highest BCUT2D eigenvalue weighted by Gasteiger charge is 2.08. The first-order valence-corrected chi connectivity index (χ1v) is 7.72. The minimum Gasteiger partial charge on any atom is -0.478 e. The summed E-state index contributed by atoms with van der Waals surface area (Å²) in [6.07, 6.45) is 1.87. The van der Waals surface area contributed by atoms with Crippen LogP contribution in [0.2, 0.25) is 0 Å². The summed E-state index contributed by atoms with van der Waals surface area (Å²) < 4.78 is 0. The summed E-state index contributed by atoms with van der Waals surface area (Å²) >= 11 is 1.66. The lowest BCUT2D eigenvalue weighted by Gasteiger charge is -2.16. The molecule has 2 rings (SSSR count). The van der Waals surface area contributed by atoms with Gasteiger partial charge in [-0.2, -0.15) is 0 Å². The number of hydrogen-bond donors (Lipinski definition) is 2. The van der Waals surface area contributed by atoms with E-state index in [1.54, 1.807) is 29.5 Å². The van der Waals surface area contributed by atoms with Crippen molar-refractivity contribution in [1.82, 2.24) is 4.98 Å². The van der Waals surface area contributed by atoms with Crippen LogP contribution >= 0.6 is 11.3 Å². The smallest absolute Gasteiger partial charge is 0.335 e. The number of anilines is 2. The van der Waals surface area contributed by atoms with Crippen LogP contribution in [-0.2, 0) is 6.54 Å². The molecule has 0 saturated carbocycles. The first-order chi connectivity index (χ1) is 10.1. The predicted octanol–water partition coefficient (Wildman–Crippen LogP) is 3.30. The molecule has 112 valence electrons. The standard InChI is InChI=1S/C15H19N3O2S/c1-3-18(4-2)15-17-10-13(21-15)9-16-12-7-5-6-11(8-12)14(19)20/h5-8,10,16H,3-4,9H2,1-2H3,(H,19,20). The van der Waals surface area contributed by atoms with Crippen LogP contribution in [0.25, 0.3) is 0 Å². The second-order valence-electron chi connectivity index (χ2n) is 4.52. The van der Waals surface area contributed by atoms with Crippen LogP contribution in [0.5, 0.6) is 0 Å². The van der Waals surface area contributed by atoms with Gasteiger partial charge in [0.05, 0.1) is 12.1 Å². The quantitative estimate of drug-likeness (QED) is 0.821. The third-order valence-corrected chi connectivity index (χ3v) is 4.21. The number of nitrogens with one attached hydrogen (secondary N) is 1. The molecule has 0 amide bonds. The van der Waals surface area contributed by atoms with Crippen LogP contribution in [0.15, 0.2) is 30.5 Å². The molecule has 0 radical (unpaired) electrons. The van der Waals surface area contributed by atoms with Gasteiger partial charge in [0, 0.05) is 29.9 Å². The third kappa shape index (κ3) is 3.95. The molecule has 2 N–H and O–H groups in total. The summed E-state index contributed by atoms with van der Waals surface area (Å²) in [4.78, 5) is 18.7. The van der Waals surface area contributed by atoms with Crippen molar-refractivity contribution < 1.29 is 9.90 Å². The fraction of sp³-hybridized carbons (Fsp3) is 0.333. The number of hydrogen-bond acceptors (Lipinski definition) is 5. The van der Waals surface area contributed by atoms with Gasteiger partial charge in [-0.1, -0.05) is 6.07 Å². The van der Waals surface area contributed by atoms with Crippen molar-refractivity contribution in [3.8, 4) is 0 Å². The Hall–Kier alpha value is -2.08. The van der Waals surface area contributed by atoms with E-state index in [2.05, 4.69) is 29.0 Å². The Morgan fingerprint density at radius 2 is 2.14 bits per heavy atom. The van der Waals surface area contributed by atoms with Gasteiger partial charge in [0.15, 0.2) is 5.13 Å². The van der Waals surface area contributed by atoms with Crippen molar-refractivity contribution in [2.45, 2.75) is 20.4 Å². The maximum absolute atomic E-state index is 10.9. The average molecular weight is 305 g/mol. The molecular weight excluding hydrogens is 286 g/mol. The Bertz CT molecular complexity index is 608. The van der Waals surface area contributed by atoms with Crippen molar-refractivity contribution in [1.29, 1.82) is 0 Å². The van der Waals surface area contributed by atoms with Crippen LogP contribution in [0.3, 0.4) is 0 Å². The van der Waals surface area contributed by atoms with E-state index in [0.29, 0.717) is 6.54 Å². The number of benzene rings is 1. The third-order valence-electron chi connectivity index (χ3n) is 3.15. The molecule has 0 aliphatic carbocycles. The second kappa shape index (κ2) is 7.08. The fourth-order valence-corrected chi connectivity index (χ4v) is 2.95. The predicted molar refractivity (Wildman–Crippen MR) is 86.4 cm³/mol. The molecule has 0 unspecified atom stereocenters. The largest absolute Gasteiger partial charge is 0.478 e. The summed E-state index contributed by atoms with van der Waals surface area (Å²) in [5.41, 5.74) is 1.08. The van der Waals surface area contributed by atoms with E-state index in [4.69, 9.17) is 5.11 Å². The first-order valence-electron chi connectivity index (χ1n) is 6.91. The van der Waals surface area contributed by atoms with Gasteiger partial charge in [-0.25, -0.2) is 9.78 Å². The molecule has 21 heavy (non-hydrogen) atoms. The number of aromatic nitrogens is 1. The molecule has 1 heterocycles. The number of carboxylic acid groups (broad SMARTS) is 1. The summed E-state index contributed by atoms with van der Waals surface area (Å²) in [6, 6.07) is 6.81. The van der Waals surface area contributed by atoms with E-state index in [-0.39, 0.29) is 5.56 Å². The number of aromatic carboxylic acids is 1. The summed E-state index contributed by atoms with van der Waals surface area (Å²) in [5.74, 6) is -0.916. The monoisotopic (exact) mass is 305 g/mol. The number of rotatable bonds is 7. The normalized spacial score (nSPS) is 10.4. The molecule has 6 heteroatoms. The van der Waals surface area contributed by atoms with Crippen LogP contribution in [-0.4, -0.2) is 29.1 Å².